The number of aromatic nitrogens is 3. The van der Waals surface area contributed by atoms with Crippen molar-refractivity contribution < 1.29 is 14.7 Å². The maximum Gasteiger partial charge on any atom is 0.306 e. The second-order valence-corrected chi connectivity index (χ2v) is 5.90. The predicted molar refractivity (Wildman–Crippen MR) is 75.9 cm³/mol. The van der Waals surface area contributed by atoms with Gasteiger partial charge in [-0.1, -0.05) is 26.7 Å². The fraction of sp³-hybridized carbons (Fsp3) is 0.714. The normalized spacial score (nSPS) is 22.2. The molecule has 2 unspecified atom stereocenters. The van der Waals surface area contributed by atoms with Crippen molar-refractivity contribution in [1.82, 2.24) is 20.5 Å². The monoisotopic (exact) mass is 294 g/mol. The first-order valence-electron chi connectivity index (χ1n) is 7.42. The van der Waals surface area contributed by atoms with Gasteiger partial charge in [-0.15, -0.1) is 5.10 Å². The third-order valence-corrected chi connectivity index (χ3v) is 4.00. The van der Waals surface area contributed by atoms with Gasteiger partial charge in [0, 0.05) is 12.5 Å². The van der Waals surface area contributed by atoms with Crippen molar-refractivity contribution in [2.75, 3.05) is 6.54 Å². The number of carbonyl (C=O) groups is 2. The molecule has 116 valence electrons. The van der Waals surface area contributed by atoms with Gasteiger partial charge >= 0.3 is 5.97 Å². The summed E-state index contributed by atoms with van der Waals surface area (Å²) in [6, 6.07) is 0. The molecule has 21 heavy (non-hydrogen) atoms. The van der Waals surface area contributed by atoms with E-state index < -0.39 is 5.97 Å². The molecule has 2 atom stereocenters. The Morgan fingerprint density at radius 3 is 2.71 bits per heavy atom. The number of amides is 1. The number of carboxylic acids is 1. The van der Waals surface area contributed by atoms with Crippen molar-refractivity contribution in [3.63, 3.8) is 0 Å². The van der Waals surface area contributed by atoms with Crippen LogP contribution in [0.1, 0.15) is 61.9 Å². The van der Waals surface area contributed by atoms with E-state index in [1.165, 1.54) is 0 Å². The summed E-state index contributed by atoms with van der Waals surface area (Å²) in [5.41, 5.74) is 0. The Hall–Kier alpha value is -1.92. The Morgan fingerprint density at radius 1 is 1.38 bits per heavy atom. The minimum atomic E-state index is -0.770. The molecule has 0 aromatic carbocycles. The minimum Gasteiger partial charge on any atom is -0.481 e. The van der Waals surface area contributed by atoms with E-state index in [1.807, 2.05) is 13.8 Å². The molecular formula is C14H22N4O3. The number of nitrogens with zero attached hydrogens (tertiary/aromatic N) is 2. The van der Waals surface area contributed by atoms with E-state index in [1.54, 1.807) is 0 Å². The zero-order valence-corrected chi connectivity index (χ0v) is 12.4. The molecule has 0 spiro atoms. The second-order valence-electron chi connectivity index (χ2n) is 5.90. The minimum absolute atomic E-state index is 0.0105. The molecule has 1 aliphatic rings. The molecule has 0 bridgehead atoms. The van der Waals surface area contributed by atoms with Gasteiger partial charge in [-0.2, -0.15) is 0 Å². The Balaban J connectivity index is 1.91. The molecule has 1 fully saturated rings. The van der Waals surface area contributed by atoms with E-state index in [2.05, 4.69) is 20.5 Å². The van der Waals surface area contributed by atoms with Crippen LogP contribution in [-0.4, -0.2) is 38.7 Å². The van der Waals surface area contributed by atoms with Crippen LogP contribution < -0.4 is 5.32 Å². The Bertz CT molecular complexity index is 512. The number of hydrogen-bond donors (Lipinski definition) is 3. The van der Waals surface area contributed by atoms with Crippen molar-refractivity contribution in [1.29, 1.82) is 0 Å². The average molecular weight is 294 g/mol. The summed E-state index contributed by atoms with van der Waals surface area (Å²) in [5, 5.41) is 18.6. The predicted octanol–water partition coefficient (Wildman–Crippen LogP) is 1.55. The summed E-state index contributed by atoms with van der Waals surface area (Å²) in [6.45, 7) is 4.28. The fourth-order valence-electron chi connectivity index (χ4n) is 2.71. The maximum atomic E-state index is 12.0. The van der Waals surface area contributed by atoms with E-state index in [9.17, 15) is 14.7 Å². The molecule has 1 aliphatic carbocycles. The molecule has 2 rings (SSSR count). The van der Waals surface area contributed by atoms with Gasteiger partial charge in [-0.3, -0.25) is 14.7 Å². The van der Waals surface area contributed by atoms with Gasteiger partial charge in [0.2, 0.25) is 5.82 Å². The lowest BCUT2D eigenvalue weighted by molar-refractivity contribution is -0.144. The van der Waals surface area contributed by atoms with Crippen molar-refractivity contribution in [3.8, 4) is 0 Å². The standard InChI is InChI=1S/C14H22N4O3/c1-8(2)11-16-12(18-17-11)13(19)15-7-9-5-3-4-6-10(9)14(20)21/h8-10H,3-7H2,1-2H3,(H,15,19)(H,20,21)(H,16,17,18). The number of H-pyrrole nitrogens is 1. The van der Waals surface area contributed by atoms with Gasteiger partial charge in [0.25, 0.3) is 5.91 Å². The topological polar surface area (TPSA) is 108 Å². The number of nitrogens with one attached hydrogen (secondary N) is 2. The number of aromatic amines is 1. The molecule has 1 amide bonds. The Labute approximate surface area is 123 Å². The van der Waals surface area contributed by atoms with E-state index in [-0.39, 0.29) is 29.5 Å². The number of carbonyl (C=O) groups excluding carboxylic acids is 1. The van der Waals surface area contributed by atoms with E-state index in [0.717, 1.165) is 19.3 Å². The molecule has 1 aromatic heterocycles. The summed E-state index contributed by atoms with van der Waals surface area (Å²) in [7, 11) is 0. The second kappa shape index (κ2) is 6.69. The van der Waals surface area contributed by atoms with Gasteiger partial charge < -0.3 is 10.4 Å². The van der Waals surface area contributed by atoms with E-state index in [4.69, 9.17) is 0 Å². The molecule has 7 heteroatoms. The van der Waals surface area contributed by atoms with Crippen molar-refractivity contribution in [2.45, 2.75) is 45.4 Å². The molecule has 1 heterocycles. The van der Waals surface area contributed by atoms with Crippen molar-refractivity contribution in [2.24, 2.45) is 11.8 Å². The first-order chi connectivity index (χ1) is 9.99. The van der Waals surface area contributed by atoms with Crippen LogP contribution in [0.2, 0.25) is 0 Å². The molecule has 0 aliphatic heterocycles. The highest BCUT2D eigenvalue weighted by atomic mass is 16.4. The number of hydrogen-bond acceptors (Lipinski definition) is 4. The molecule has 1 aromatic rings. The van der Waals surface area contributed by atoms with Gasteiger partial charge in [0.05, 0.1) is 5.92 Å². The van der Waals surface area contributed by atoms with Crippen molar-refractivity contribution >= 4 is 11.9 Å². The number of aliphatic carboxylic acids is 1. The Kier molecular flexibility index (Phi) is 4.93. The molecular weight excluding hydrogens is 272 g/mol. The van der Waals surface area contributed by atoms with Crippen LogP contribution in [0, 0.1) is 11.8 Å². The van der Waals surface area contributed by atoms with Gasteiger partial charge in [-0.05, 0) is 18.8 Å². The zero-order chi connectivity index (χ0) is 15.4. The highest BCUT2D eigenvalue weighted by molar-refractivity contribution is 5.90. The van der Waals surface area contributed by atoms with Crippen LogP contribution in [0.15, 0.2) is 0 Å². The van der Waals surface area contributed by atoms with Crippen LogP contribution in [0.5, 0.6) is 0 Å². The SMILES string of the molecule is CC(C)c1nc(C(=O)NCC2CCCCC2C(=O)O)n[nH]1. The van der Waals surface area contributed by atoms with Gasteiger partial charge in [0.15, 0.2) is 0 Å². The van der Waals surface area contributed by atoms with E-state index >= 15 is 0 Å². The van der Waals surface area contributed by atoms with Crippen LogP contribution in [0.3, 0.4) is 0 Å². The molecule has 0 saturated heterocycles. The van der Waals surface area contributed by atoms with Gasteiger partial charge in [0.1, 0.15) is 5.82 Å². The van der Waals surface area contributed by atoms with Crippen LogP contribution >= 0.6 is 0 Å². The lowest BCUT2D eigenvalue weighted by atomic mass is 9.79. The van der Waals surface area contributed by atoms with Crippen LogP contribution in [0.4, 0.5) is 0 Å². The summed E-state index contributed by atoms with van der Waals surface area (Å²) in [5.74, 6) is -0.542. The molecule has 3 N–H and O–H groups in total. The van der Waals surface area contributed by atoms with Crippen LogP contribution in [0.25, 0.3) is 0 Å². The Morgan fingerprint density at radius 2 is 2.10 bits per heavy atom. The largest absolute Gasteiger partial charge is 0.481 e. The number of rotatable bonds is 5. The highest BCUT2D eigenvalue weighted by Gasteiger charge is 2.31. The van der Waals surface area contributed by atoms with Gasteiger partial charge in [-0.25, -0.2) is 4.98 Å². The summed E-state index contributed by atoms with van der Waals surface area (Å²) in [6.07, 6.45) is 3.49. The average Bonchev–Trinajstić information content (AvgIpc) is 2.95. The van der Waals surface area contributed by atoms with E-state index in [0.29, 0.717) is 18.8 Å². The zero-order valence-electron chi connectivity index (χ0n) is 12.4. The molecule has 1 saturated carbocycles. The fourth-order valence-corrected chi connectivity index (χ4v) is 2.71. The third kappa shape index (κ3) is 3.80. The first kappa shape index (κ1) is 15.5. The smallest absolute Gasteiger partial charge is 0.306 e. The van der Waals surface area contributed by atoms with Crippen LogP contribution in [-0.2, 0) is 4.79 Å². The lowest BCUT2D eigenvalue weighted by Crippen LogP contribution is -2.37. The third-order valence-electron chi connectivity index (χ3n) is 4.00. The highest BCUT2D eigenvalue weighted by Crippen LogP contribution is 2.29. The molecule has 0 radical (unpaired) electrons. The summed E-state index contributed by atoms with van der Waals surface area (Å²) >= 11 is 0. The van der Waals surface area contributed by atoms with Crippen molar-refractivity contribution in [3.05, 3.63) is 11.6 Å². The number of carboxylic acid groups (broad SMARTS) is 1. The quantitative estimate of drug-likeness (QED) is 0.763. The first-order valence-corrected chi connectivity index (χ1v) is 7.42. The lowest BCUT2D eigenvalue weighted by Gasteiger charge is -2.28. The summed E-state index contributed by atoms with van der Waals surface area (Å²) in [4.78, 5) is 27.3. The summed E-state index contributed by atoms with van der Waals surface area (Å²) < 4.78 is 0. The molecule has 7 nitrogen and oxygen atoms in total. The maximum absolute atomic E-state index is 12.0.